The third-order valence-electron chi connectivity index (χ3n) is 3.14. The number of carbonyl (C=O) groups is 1. The molecule has 0 fully saturated rings. The third kappa shape index (κ3) is 5.77. The second kappa shape index (κ2) is 7.17. The number of rotatable bonds is 6. The maximum absolute atomic E-state index is 11.6. The molecule has 106 valence electrons. The molecule has 1 atom stereocenters. The van der Waals surface area contributed by atoms with Gasteiger partial charge in [-0.1, -0.05) is 39.0 Å². The molecule has 1 aromatic rings. The van der Waals surface area contributed by atoms with Crippen molar-refractivity contribution in [2.75, 3.05) is 13.2 Å². The molecule has 0 aliphatic rings. The van der Waals surface area contributed by atoms with Crippen LogP contribution in [0, 0.1) is 11.3 Å². The summed E-state index contributed by atoms with van der Waals surface area (Å²) in [6.45, 7) is 9.12. The summed E-state index contributed by atoms with van der Waals surface area (Å²) in [7, 11) is 0. The molecular weight excluding hydrogens is 240 g/mol. The Morgan fingerprint density at radius 3 is 2.37 bits per heavy atom. The Bertz CT molecular complexity index is 379. The lowest BCUT2D eigenvalue weighted by Gasteiger charge is -2.29. The zero-order valence-corrected chi connectivity index (χ0v) is 12.3. The number of esters is 1. The van der Waals surface area contributed by atoms with Gasteiger partial charge in [0.25, 0.3) is 0 Å². The first-order chi connectivity index (χ1) is 8.93. The molecular formula is C16H24O3. The zero-order chi connectivity index (χ0) is 14.3. The molecule has 1 rings (SSSR count). The fraction of sp³-hybridized carbons (Fsp3) is 0.562. The normalized spacial score (nSPS) is 12.8. The van der Waals surface area contributed by atoms with Crippen LogP contribution in [0.15, 0.2) is 30.3 Å². The summed E-state index contributed by atoms with van der Waals surface area (Å²) in [5.41, 5.74) is 0.00153. The molecule has 0 aliphatic carbocycles. The molecule has 0 saturated heterocycles. The highest BCUT2D eigenvalue weighted by Gasteiger charge is 2.28. The van der Waals surface area contributed by atoms with Gasteiger partial charge in [-0.25, -0.2) is 0 Å². The van der Waals surface area contributed by atoms with Crippen LogP contribution >= 0.6 is 0 Å². The van der Waals surface area contributed by atoms with Crippen LogP contribution in [0.3, 0.4) is 0 Å². The Balaban J connectivity index is 2.58. The van der Waals surface area contributed by atoms with E-state index in [0.717, 1.165) is 5.75 Å². The Labute approximate surface area is 115 Å². The van der Waals surface area contributed by atoms with Crippen molar-refractivity contribution in [1.82, 2.24) is 0 Å². The molecule has 0 spiro atoms. The van der Waals surface area contributed by atoms with Crippen molar-refractivity contribution in [3.8, 4) is 5.75 Å². The summed E-state index contributed by atoms with van der Waals surface area (Å²) in [6, 6.07) is 9.67. The summed E-state index contributed by atoms with van der Waals surface area (Å²) in [6.07, 6.45) is 0.393. The van der Waals surface area contributed by atoms with Gasteiger partial charge >= 0.3 is 5.97 Å². The topological polar surface area (TPSA) is 35.5 Å². The van der Waals surface area contributed by atoms with Gasteiger partial charge in [-0.15, -0.1) is 0 Å². The molecule has 1 aromatic carbocycles. The summed E-state index contributed by atoms with van der Waals surface area (Å²) in [5, 5.41) is 0. The van der Waals surface area contributed by atoms with E-state index >= 15 is 0 Å². The van der Waals surface area contributed by atoms with Crippen LogP contribution in [0.25, 0.3) is 0 Å². The van der Waals surface area contributed by atoms with Gasteiger partial charge in [0, 0.05) is 5.92 Å². The number of ether oxygens (including phenoxy) is 2. The molecule has 0 bridgehead atoms. The van der Waals surface area contributed by atoms with Crippen LogP contribution in [0.4, 0.5) is 0 Å². The minimum atomic E-state index is -0.154. The average Bonchev–Trinajstić information content (AvgIpc) is 2.34. The average molecular weight is 264 g/mol. The molecule has 3 nitrogen and oxygen atoms in total. The number of hydrogen-bond acceptors (Lipinski definition) is 3. The molecule has 0 amide bonds. The highest BCUT2D eigenvalue weighted by atomic mass is 16.5. The summed E-state index contributed by atoms with van der Waals surface area (Å²) in [5.74, 6) is 0.812. The van der Waals surface area contributed by atoms with Crippen LogP contribution < -0.4 is 4.74 Å². The van der Waals surface area contributed by atoms with Crippen LogP contribution in [-0.2, 0) is 9.53 Å². The number of benzene rings is 1. The highest BCUT2D eigenvalue weighted by molar-refractivity contribution is 5.69. The summed E-state index contributed by atoms with van der Waals surface area (Å²) in [4.78, 5) is 11.6. The first-order valence-corrected chi connectivity index (χ1v) is 6.77. The van der Waals surface area contributed by atoms with Crippen molar-refractivity contribution in [3.05, 3.63) is 30.3 Å². The zero-order valence-electron chi connectivity index (χ0n) is 12.3. The molecule has 0 radical (unpaired) electrons. The Hall–Kier alpha value is -1.51. The number of carbonyl (C=O) groups excluding carboxylic acids is 1. The first kappa shape index (κ1) is 15.5. The van der Waals surface area contributed by atoms with Gasteiger partial charge in [0.1, 0.15) is 5.75 Å². The van der Waals surface area contributed by atoms with Crippen LogP contribution in [0.5, 0.6) is 5.75 Å². The highest BCUT2D eigenvalue weighted by Crippen LogP contribution is 2.29. The number of hydrogen-bond donors (Lipinski definition) is 0. The fourth-order valence-electron chi connectivity index (χ4n) is 1.75. The lowest BCUT2D eigenvalue weighted by Crippen LogP contribution is -2.29. The molecule has 0 aromatic heterocycles. The molecule has 0 saturated carbocycles. The summed E-state index contributed by atoms with van der Waals surface area (Å²) >= 11 is 0. The van der Waals surface area contributed by atoms with Gasteiger partial charge in [-0.05, 0) is 24.5 Å². The molecule has 1 unspecified atom stereocenters. The third-order valence-corrected chi connectivity index (χ3v) is 3.14. The van der Waals surface area contributed by atoms with E-state index in [1.54, 1.807) is 0 Å². The standard InChI is InChI=1S/C16H24O3/c1-5-18-15(17)11-13(16(2,3)4)12-19-14-9-7-6-8-10-14/h6-10,13H,5,11-12H2,1-4H3. The predicted octanol–water partition coefficient (Wildman–Crippen LogP) is 3.68. The lowest BCUT2D eigenvalue weighted by molar-refractivity contribution is -0.145. The second-order valence-corrected chi connectivity index (χ2v) is 5.70. The van der Waals surface area contributed by atoms with Gasteiger partial charge < -0.3 is 9.47 Å². The predicted molar refractivity (Wildman–Crippen MR) is 76.1 cm³/mol. The SMILES string of the molecule is CCOC(=O)CC(COc1ccccc1)C(C)(C)C. The van der Waals surface area contributed by atoms with E-state index in [9.17, 15) is 4.79 Å². The van der Waals surface area contributed by atoms with Gasteiger partial charge in [0.2, 0.25) is 0 Å². The Morgan fingerprint density at radius 1 is 1.21 bits per heavy atom. The monoisotopic (exact) mass is 264 g/mol. The largest absolute Gasteiger partial charge is 0.493 e. The maximum atomic E-state index is 11.6. The smallest absolute Gasteiger partial charge is 0.306 e. The number of para-hydroxylation sites is 1. The van der Waals surface area contributed by atoms with Crippen molar-refractivity contribution >= 4 is 5.97 Å². The van der Waals surface area contributed by atoms with Gasteiger partial charge in [-0.3, -0.25) is 4.79 Å². The minimum Gasteiger partial charge on any atom is -0.493 e. The minimum absolute atomic E-state index is 0.00153. The van der Waals surface area contributed by atoms with Crippen molar-refractivity contribution in [2.45, 2.75) is 34.1 Å². The molecule has 19 heavy (non-hydrogen) atoms. The van der Waals surface area contributed by atoms with Crippen molar-refractivity contribution in [1.29, 1.82) is 0 Å². The quantitative estimate of drug-likeness (QED) is 0.735. The lowest BCUT2D eigenvalue weighted by atomic mass is 9.79. The van der Waals surface area contributed by atoms with Gasteiger partial charge in [-0.2, -0.15) is 0 Å². The molecule has 0 aliphatic heterocycles. The van der Waals surface area contributed by atoms with E-state index in [1.165, 1.54) is 0 Å². The summed E-state index contributed by atoms with van der Waals surface area (Å²) < 4.78 is 10.8. The van der Waals surface area contributed by atoms with Gasteiger partial charge in [0.15, 0.2) is 0 Å². The van der Waals surface area contributed by atoms with Crippen LogP contribution in [-0.4, -0.2) is 19.2 Å². The van der Waals surface area contributed by atoms with Gasteiger partial charge in [0.05, 0.1) is 19.6 Å². The van der Waals surface area contributed by atoms with E-state index in [4.69, 9.17) is 9.47 Å². The van der Waals surface area contributed by atoms with E-state index in [2.05, 4.69) is 20.8 Å². The Morgan fingerprint density at radius 2 is 1.84 bits per heavy atom. The van der Waals surface area contributed by atoms with E-state index < -0.39 is 0 Å². The van der Waals surface area contributed by atoms with Crippen LogP contribution in [0.2, 0.25) is 0 Å². The maximum Gasteiger partial charge on any atom is 0.306 e. The molecule has 0 heterocycles. The van der Waals surface area contributed by atoms with E-state index in [0.29, 0.717) is 19.6 Å². The van der Waals surface area contributed by atoms with Crippen molar-refractivity contribution in [2.24, 2.45) is 11.3 Å². The van der Waals surface area contributed by atoms with E-state index in [1.807, 2.05) is 37.3 Å². The Kier molecular flexibility index (Phi) is 5.87. The van der Waals surface area contributed by atoms with Crippen LogP contribution in [0.1, 0.15) is 34.1 Å². The second-order valence-electron chi connectivity index (χ2n) is 5.70. The van der Waals surface area contributed by atoms with Crippen molar-refractivity contribution < 1.29 is 14.3 Å². The van der Waals surface area contributed by atoms with Crippen molar-refractivity contribution in [3.63, 3.8) is 0 Å². The first-order valence-electron chi connectivity index (χ1n) is 6.77. The fourth-order valence-corrected chi connectivity index (χ4v) is 1.75. The van der Waals surface area contributed by atoms with E-state index in [-0.39, 0.29) is 17.3 Å². The molecule has 0 N–H and O–H groups in total. The molecule has 3 heteroatoms.